The number of hydrogen-bond donors (Lipinski definition) is 0. The Hall–Kier alpha value is -10.8. The number of para-hydroxylation sites is 1. The fourth-order valence-electron chi connectivity index (χ4n) is 15.6. The number of fused-ring (bicyclic) bond motifs is 3. The van der Waals surface area contributed by atoms with Crippen LogP contribution in [-0.2, 0) is 0 Å². The van der Waals surface area contributed by atoms with Crippen molar-refractivity contribution in [2.45, 2.75) is 11.8 Å². The highest BCUT2D eigenvalue weighted by Gasteiger charge is 2.50. The summed E-state index contributed by atoms with van der Waals surface area (Å²) in [6, 6.07) is 115. The standard InChI is InChI=1S/C85H60N2Si2/c1-8-30-59(31-9-1)60-56-77(86-81(57-60)87-78-52-27-26-46-70(78)71-55-54-67(58-79(71)87)88(61-32-10-2-11-33-61,62-34-12-3-13-35-62)63-36-14-4-15-37-63)69-45-23-22-44-68(69)72-49-28-50-75-82-73-47-24-25-48-74(73)85(83(72)75)84-76(82)51-29-53-80(84)89(64-38-16-5-17-39-64,65-40-18-6-19-41-65)66-42-20-7-21-43-66/h1-58,82,85H/i5D,16D,17D,38D,39D. The quantitative estimate of drug-likeness (QED) is 0.0881. The summed E-state index contributed by atoms with van der Waals surface area (Å²) in [6.45, 7) is 0. The molecule has 0 fully saturated rings. The first-order valence-corrected chi connectivity index (χ1v) is 34.7. The zero-order valence-electron chi connectivity index (χ0n) is 53.6. The monoisotopic (exact) mass is 1170 g/mol. The maximum atomic E-state index is 9.97. The second kappa shape index (κ2) is 21.6. The second-order valence-electron chi connectivity index (χ2n) is 23.5. The van der Waals surface area contributed by atoms with Crippen LogP contribution in [0.4, 0.5) is 0 Å². The molecule has 13 aromatic carbocycles. The minimum atomic E-state index is -3.88. The number of benzene rings is 13. The van der Waals surface area contributed by atoms with E-state index in [0.29, 0.717) is 5.19 Å². The highest BCUT2D eigenvalue weighted by atomic mass is 28.3. The van der Waals surface area contributed by atoms with Crippen molar-refractivity contribution in [1.82, 2.24) is 9.55 Å². The summed E-state index contributed by atoms with van der Waals surface area (Å²) in [5.74, 6) is 0.314. The molecule has 2 unspecified atom stereocenters. The van der Waals surface area contributed by atoms with Crippen LogP contribution in [-0.4, -0.2) is 25.7 Å². The predicted molar refractivity (Wildman–Crippen MR) is 377 cm³/mol. The van der Waals surface area contributed by atoms with Gasteiger partial charge in [0.05, 0.1) is 23.6 Å². The van der Waals surface area contributed by atoms with Gasteiger partial charge in [0.25, 0.3) is 0 Å². The Morgan fingerprint density at radius 3 is 1.39 bits per heavy atom. The number of pyridine rings is 1. The smallest absolute Gasteiger partial charge is 0.179 e. The maximum Gasteiger partial charge on any atom is 0.179 e. The third-order valence-corrected chi connectivity index (χ3v) is 28.6. The highest BCUT2D eigenvalue weighted by Crippen LogP contribution is 2.58. The first kappa shape index (κ1) is 47.4. The molecular formula is C85H60N2Si2. The van der Waals surface area contributed by atoms with Crippen LogP contribution in [0.1, 0.15) is 52.1 Å². The van der Waals surface area contributed by atoms with Gasteiger partial charge in [0.2, 0.25) is 0 Å². The van der Waals surface area contributed by atoms with Gasteiger partial charge in [-0.25, -0.2) is 4.98 Å². The number of hydrogen-bond acceptors (Lipinski definition) is 1. The minimum absolute atomic E-state index is 0.171. The summed E-state index contributed by atoms with van der Waals surface area (Å²) in [5, 5.41) is 10.7. The van der Waals surface area contributed by atoms with Gasteiger partial charge in [-0.1, -0.05) is 327 Å². The normalized spacial score (nSPS) is 14.9. The molecule has 4 heteroatoms. The Morgan fingerprint density at radius 2 is 0.775 bits per heavy atom. The molecule has 89 heavy (non-hydrogen) atoms. The highest BCUT2D eigenvalue weighted by molar-refractivity contribution is 7.20. The van der Waals surface area contributed by atoms with E-state index >= 15 is 0 Å². The molecule has 0 spiro atoms. The van der Waals surface area contributed by atoms with Crippen molar-refractivity contribution in [2.75, 3.05) is 0 Å². The van der Waals surface area contributed by atoms with E-state index in [1.54, 1.807) is 0 Å². The molecule has 2 bridgehead atoms. The molecule has 418 valence electrons. The Balaban J connectivity index is 0.915. The van der Waals surface area contributed by atoms with Crippen LogP contribution in [0.2, 0.25) is 0 Å². The molecule has 0 N–H and O–H groups in total. The lowest BCUT2D eigenvalue weighted by Gasteiger charge is -2.47. The predicted octanol–water partition coefficient (Wildman–Crippen LogP) is 14.9. The van der Waals surface area contributed by atoms with Crippen molar-refractivity contribution in [1.29, 1.82) is 0 Å². The molecule has 0 saturated carbocycles. The van der Waals surface area contributed by atoms with Crippen molar-refractivity contribution >= 4 is 79.4 Å². The summed E-state index contributed by atoms with van der Waals surface area (Å²) in [6.07, 6.45) is 0. The van der Waals surface area contributed by atoms with Gasteiger partial charge in [-0.05, 0) is 121 Å². The summed E-state index contributed by atoms with van der Waals surface area (Å²) < 4.78 is 49.8. The van der Waals surface area contributed by atoms with E-state index in [1.165, 1.54) is 48.6 Å². The van der Waals surface area contributed by atoms with Gasteiger partial charge in [-0.2, -0.15) is 0 Å². The van der Waals surface area contributed by atoms with Crippen LogP contribution < -0.4 is 41.5 Å². The van der Waals surface area contributed by atoms with E-state index in [1.807, 2.05) is 36.4 Å². The lowest BCUT2D eigenvalue weighted by molar-refractivity contribution is 0.760. The van der Waals surface area contributed by atoms with Crippen molar-refractivity contribution in [2.24, 2.45) is 0 Å². The largest absolute Gasteiger partial charge is 0.294 e. The van der Waals surface area contributed by atoms with E-state index in [0.717, 1.165) is 82.3 Å². The van der Waals surface area contributed by atoms with E-state index in [9.17, 15) is 5.48 Å². The van der Waals surface area contributed by atoms with Crippen LogP contribution in [0, 0.1) is 0 Å². The summed E-state index contributed by atoms with van der Waals surface area (Å²) >= 11 is 0. The number of rotatable bonds is 12. The van der Waals surface area contributed by atoms with Gasteiger partial charge < -0.3 is 0 Å². The number of aromatic nitrogens is 2. The molecule has 18 rings (SSSR count). The van der Waals surface area contributed by atoms with E-state index < -0.39 is 22.2 Å². The van der Waals surface area contributed by atoms with E-state index in [-0.39, 0.29) is 36.0 Å². The van der Waals surface area contributed by atoms with Gasteiger partial charge in [0, 0.05) is 28.2 Å². The Bertz CT molecular complexity index is 5290. The van der Waals surface area contributed by atoms with Gasteiger partial charge >= 0.3 is 0 Å². The zero-order valence-corrected chi connectivity index (χ0v) is 50.6. The Kier molecular flexibility index (Phi) is 11.5. The molecule has 2 atom stereocenters. The minimum Gasteiger partial charge on any atom is -0.294 e. The zero-order chi connectivity index (χ0) is 63.2. The van der Waals surface area contributed by atoms with Crippen LogP contribution in [0.25, 0.3) is 61.1 Å². The van der Waals surface area contributed by atoms with E-state index in [2.05, 4.69) is 290 Å². The molecule has 2 heterocycles. The van der Waals surface area contributed by atoms with Crippen molar-refractivity contribution in [3.8, 4) is 39.3 Å². The van der Waals surface area contributed by atoms with Crippen molar-refractivity contribution in [3.05, 3.63) is 385 Å². The van der Waals surface area contributed by atoms with Gasteiger partial charge in [0.15, 0.2) is 16.1 Å². The fourth-order valence-corrected chi connectivity index (χ4v) is 25.1. The molecule has 3 aliphatic carbocycles. The average Bonchev–Trinajstić information content (AvgIpc) is 0.769. The number of nitrogens with zero attached hydrogens (tertiary/aromatic N) is 2. The fraction of sp³-hybridized carbons (Fsp3) is 0.0235. The van der Waals surface area contributed by atoms with Crippen LogP contribution in [0.5, 0.6) is 0 Å². The maximum absolute atomic E-state index is 9.97. The third kappa shape index (κ3) is 8.18. The summed E-state index contributed by atoms with van der Waals surface area (Å²) in [5.41, 5.74) is 15.4. The summed E-state index contributed by atoms with van der Waals surface area (Å²) in [4.78, 5) is 5.94. The topological polar surface area (TPSA) is 17.8 Å². The van der Waals surface area contributed by atoms with Crippen molar-refractivity contribution in [3.63, 3.8) is 0 Å². The van der Waals surface area contributed by atoms with Crippen LogP contribution >= 0.6 is 0 Å². The van der Waals surface area contributed by atoms with Gasteiger partial charge in [-0.3, -0.25) is 4.57 Å². The first-order valence-electron chi connectivity index (χ1n) is 33.2. The molecule has 3 aliphatic rings. The lowest BCUT2D eigenvalue weighted by atomic mass is 9.60. The first-order chi connectivity index (χ1) is 46.3. The average molecular weight is 1170 g/mol. The molecule has 0 aliphatic heterocycles. The Morgan fingerprint density at radius 1 is 0.303 bits per heavy atom. The molecule has 2 nitrogen and oxygen atoms in total. The van der Waals surface area contributed by atoms with Crippen LogP contribution in [0.3, 0.4) is 0 Å². The third-order valence-electron chi connectivity index (χ3n) is 19.2. The second-order valence-corrected chi connectivity index (χ2v) is 31.0. The molecule has 0 saturated heterocycles. The molecule has 2 aromatic heterocycles. The molecule has 0 amide bonds. The van der Waals surface area contributed by atoms with Crippen molar-refractivity contribution < 1.29 is 6.85 Å². The lowest BCUT2D eigenvalue weighted by Crippen LogP contribution is -2.75. The Labute approximate surface area is 529 Å². The molecule has 0 radical (unpaired) electrons. The van der Waals surface area contributed by atoms with Crippen LogP contribution in [0.15, 0.2) is 352 Å². The van der Waals surface area contributed by atoms with Gasteiger partial charge in [0.1, 0.15) is 5.82 Å². The summed E-state index contributed by atoms with van der Waals surface area (Å²) in [7, 11) is -6.85. The SMILES string of the molecule is [2H]c1c([2H])c([2H])c([Si](c2ccccc2)(c2ccccc2)c2cccc3c2C2c4ccccc4C3c3cccc(-c4ccccc4-c4cc(-c5ccccc5)cc(-n5c6ccccc6c6ccc([Si](c7ccccc7)(c7ccccc7)c7ccccc7)cc65)n4)c32)c([2H])c1[2H]. The molecule has 15 aromatic rings. The van der Waals surface area contributed by atoms with E-state index in [4.69, 9.17) is 6.35 Å². The molecular weight excluding hydrogens is 1110 g/mol. The van der Waals surface area contributed by atoms with Gasteiger partial charge in [-0.15, -0.1) is 0 Å².